The second-order valence-corrected chi connectivity index (χ2v) is 6.31. The number of rotatable bonds is 3. The zero-order valence-corrected chi connectivity index (χ0v) is 13.0. The smallest absolute Gasteiger partial charge is 0.162 e. The van der Waals surface area contributed by atoms with Crippen molar-refractivity contribution >= 4 is 0 Å². The van der Waals surface area contributed by atoms with Gasteiger partial charge in [-0.2, -0.15) is 0 Å². The van der Waals surface area contributed by atoms with Crippen molar-refractivity contribution in [2.75, 3.05) is 0 Å². The molecule has 0 spiro atoms. The fraction of sp³-hybridized carbons (Fsp3) is 0.400. The average Bonchev–Trinajstić information content (AvgIpc) is 2.58. The lowest BCUT2D eigenvalue weighted by atomic mass is 9.76. The van der Waals surface area contributed by atoms with Crippen LogP contribution in [0.25, 0.3) is 11.1 Å². The second kappa shape index (κ2) is 6.60. The van der Waals surface area contributed by atoms with Gasteiger partial charge < -0.3 is 0 Å². The van der Waals surface area contributed by atoms with Crippen molar-refractivity contribution in [1.82, 2.24) is 0 Å². The molecule has 2 aromatic carbocycles. The van der Waals surface area contributed by atoms with E-state index in [0.717, 1.165) is 42.7 Å². The summed E-state index contributed by atoms with van der Waals surface area (Å²) in [7, 11) is 0. The highest BCUT2D eigenvalue weighted by molar-refractivity contribution is 5.68. The first-order chi connectivity index (χ1) is 10.7. The molecule has 0 nitrogen and oxygen atoms in total. The third kappa shape index (κ3) is 2.92. The topological polar surface area (TPSA) is 0 Å². The van der Waals surface area contributed by atoms with Gasteiger partial charge in [0.1, 0.15) is 0 Å². The first-order valence-electron chi connectivity index (χ1n) is 8.24. The van der Waals surface area contributed by atoms with Crippen molar-refractivity contribution in [3.8, 4) is 11.1 Å². The SMILES string of the molecule is CCC1CCC(c2c(-c3ccccc3)ccc(F)c2F)CC1. The van der Waals surface area contributed by atoms with Crippen LogP contribution in [-0.2, 0) is 0 Å². The molecular formula is C20H22F2. The third-order valence-corrected chi connectivity index (χ3v) is 5.05. The summed E-state index contributed by atoms with van der Waals surface area (Å²) in [5.41, 5.74) is 2.40. The van der Waals surface area contributed by atoms with Crippen molar-refractivity contribution in [2.24, 2.45) is 5.92 Å². The summed E-state index contributed by atoms with van der Waals surface area (Å²) in [5, 5.41) is 0. The Morgan fingerprint density at radius 1 is 0.909 bits per heavy atom. The molecule has 2 aromatic rings. The summed E-state index contributed by atoms with van der Waals surface area (Å²) in [6, 6.07) is 12.7. The summed E-state index contributed by atoms with van der Waals surface area (Å²) in [5.74, 6) is -0.504. The Hall–Kier alpha value is -1.70. The van der Waals surface area contributed by atoms with E-state index in [9.17, 15) is 8.78 Å². The van der Waals surface area contributed by atoms with Crippen molar-refractivity contribution in [2.45, 2.75) is 44.9 Å². The molecule has 0 N–H and O–H groups in total. The molecule has 0 saturated heterocycles. The Balaban J connectivity index is 2.00. The maximum Gasteiger partial charge on any atom is 0.162 e. The van der Waals surface area contributed by atoms with Gasteiger partial charge in [0.2, 0.25) is 0 Å². The van der Waals surface area contributed by atoms with Gasteiger partial charge in [0.05, 0.1) is 0 Å². The van der Waals surface area contributed by atoms with Crippen molar-refractivity contribution in [3.63, 3.8) is 0 Å². The molecule has 0 aliphatic heterocycles. The zero-order valence-electron chi connectivity index (χ0n) is 13.0. The minimum absolute atomic E-state index is 0.133. The normalized spacial score (nSPS) is 21.8. The van der Waals surface area contributed by atoms with Gasteiger partial charge in [0.15, 0.2) is 11.6 Å². The minimum Gasteiger partial charge on any atom is -0.204 e. The fourth-order valence-corrected chi connectivity index (χ4v) is 3.69. The summed E-state index contributed by atoms with van der Waals surface area (Å²) in [6.07, 6.45) is 5.33. The molecule has 1 aliphatic rings. The molecule has 0 amide bonds. The van der Waals surface area contributed by atoms with E-state index in [-0.39, 0.29) is 5.92 Å². The van der Waals surface area contributed by atoms with Crippen LogP contribution in [0, 0.1) is 17.6 Å². The van der Waals surface area contributed by atoms with E-state index < -0.39 is 11.6 Å². The summed E-state index contributed by atoms with van der Waals surface area (Å²) >= 11 is 0. The molecule has 1 aliphatic carbocycles. The maximum atomic E-state index is 14.5. The summed E-state index contributed by atoms with van der Waals surface area (Å²) in [4.78, 5) is 0. The van der Waals surface area contributed by atoms with Crippen LogP contribution in [0.5, 0.6) is 0 Å². The molecule has 0 bridgehead atoms. The lowest BCUT2D eigenvalue weighted by Crippen LogP contribution is -2.15. The number of hydrogen-bond acceptors (Lipinski definition) is 0. The van der Waals surface area contributed by atoms with Crippen LogP contribution in [0.15, 0.2) is 42.5 Å². The Bertz CT molecular complexity index is 626. The van der Waals surface area contributed by atoms with E-state index in [2.05, 4.69) is 6.92 Å². The molecule has 116 valence electrons. The minimum atomic E-state index is -0.729. The van der Waals surface area contributed by atoms with E-state index in [4.69, 9.17) is 0 Å². The Labute approximate surface area is 131 Å². The molecule has 1 saturated carbocycles. The van der Waals surface area contributed by atoms with Gasteiger partial charge in [-0.15, -0.1) is 0 Å². The van der Waals surface area contributed by atoms with Gasteiger partial charge in [0, 0.05) is 5.56 Å². The van der Waals surface area contributed by atoms with Gasteiger partial charge in [0.25, 0.3) is 0 Å². The number of halogens is 2. The van der Waals surface area contributed by atoms with E-state index in [0.29, 0.717) is 5.56 Å². The first-order valence-corrected chi connectivity index (χ1v) is 8.24. The van der Waals surface area contributed by atoms with Gasteiger partial charge in [-0.05, 0) is 54.7 Å². The quantitative estimate of drug-likeness (QED) is 0.622. The highest BCUT2D eigenvalue weighted by Crippen LogP contribution is 2.42. The highest BCUT2D eigenvalue weighted by Gasteiger charge is 2.27. The van der Waals surface area contributed by atoms with Crippen molar-refractivity contribution < 1.29 is 8.78 Å². The maximum absolute atomic E-state index is 14.5. The Morgan fingerprint density at radius 2 is 1.59 bits per heavy atom. The summed E-state index contributed by atoms with van der Waals surface area (Å²) in [6.45, 7) is 2.21. The third-order valence-electron chi connectivity index (χ3n) is 5.05. The van der Waals surface area contributed by atoms with Crippen molar-refractivity contribution in [1.29, 1.82) is 0 Å². The van der Waals surface area contributed by atoms with E-state index in [1.54, 1.807) is 6.07 Å². The van der Waals surface area contributed by atoms with E-state index >= 15 is 0 Å². The molecule has 0 heterocycles. The van der Waals surface area contributed by atoms with Crippen LogP contribution in [0.2, 0.25) is 0 Å². The summed E-state index contributed by atoms with van der Waals surface area (Å²) < 4.78 is 28.3. The van der Waals surface area contributed by atoms with Crippen LogP contribution in [0.3, 0.4) is 0 Å². The molecule has 0 radical (unpaired) electrons. The Kier molecular flexibility index (Phi) is 4.56. The first kappa shape index (κ1) is 15.2. The molecule has 22 heavy (non-hydrogen) atoms. The van der Waals surface area contributed by atoms with Crippen LogP contribution < -0.4 is 0 Å². The van der Waals surface area contributed by atoms with Crippen LogP contribution in [-0.4, -0.2) is 0 Å². The van der Waals surface area contributed by atoms with Gasteiger partial charge in [-0.3, -0.25) is 0 Å². The number of hydrogen-bond donors (Lipinski definition) is 0. The zero-order chi connectivity index (χ0) is 15.5. The lowest BCUT2D eigenvalue weighted by molar-refractivity contribution is 0.313. The highest BCUT2D eigenvalue weighted by atomic mass is 19.2. The second-order valence-electron chi connectivity index (χ2n) is 6.31. The molecule has 0 atom stereocenters. The monoisotopic (exact) mass is 300 g/mol. The van der Waals surface area contributed by atoms with Crippen LogP contribution in [0.1, 0.15) is 50.5 Å². The molecule has 3 rings (SSSR count). The average molecular weight is 300 g/mol. The number of benzene rings is 2. The van der Waals surface area contributed by atoms with Crippen LogP contribution >= 0.6 is 0 Å². The fourth-order valence-electron chi connectivity index (χ4n) is 3.69. The standard InChI is InChI=1S/C20H22F2/c1-2-14-8-10-16(11-9-14)19-17(12-13-18(21)20(19)22)15-6-4-3-5-7-15/h3-7,12-14,16H,2,8-11H2,1H3. The molecule has 2 heteroatoms. The largest absolute Gasteiger partial charge is 0.204 e. The Morgan fingerprint density at radius 3 is 2.23 bits per heavy atom. The molecular weight excluding hydrogens is 278 g/mol. The van der Waals surface area contributed by atoms with E-state index in [1.807, 2.05) is 30.3 Å². The van der Waals surface area contributed by atoms with Crippen LogP contribution in [0.4, 0.5) is 8.78 Å². The van der Waals surface area contributed by atoms with Gasteiger partial charge in [-0.25, -0.2) is 8.78 Å². The van der Waals surface area contributed by atoms with E-state index in [1.165, 1.54) is 12.5 Å². The molecule has 0 aromatic heterocycles. The lowest BCUT2D eigenvalue weighted by Gasteiger charge is -2.29. The van der Waals surface area contributed by atoms with Gasteiger partial charge in [-0.1, -0.05) is 49.7 Å². The van der Waals surface area contributed by atoms with Gasteiger partial charge >= 0.3 is 0 Å². The van der Waals surface area contributed by atoms with Crippen molar-refractivity contribution in [3.05, 3.63) is 59.7 Å². The molecule has 0 unspecified atom stereocenters. The predicted octanol–water partition coefficient (Wildman–Crippen LogP) is 6.32. The molecule has 1 fully saturated rings. The predicted molar refractivity (Wildman–Crippen MR) is 86.8 cm³/mol.